The Hall–Kier alpha value is -1.72. The summed E-state index contributed by atoms with van der Waals surface area (Å²) in [5, 5.41) is 11.1. The van der Waals surface area contributed by atoms with Crippen LogP contribution in [0.1, 0.15) is 65.1 Å². The summed E-state index contributed by atoms with van der Waals surface area (Å²) >= 11 is 6.53. The van der Waals surface area contributed by atoms with Crippen molar-refractivity contribution in [1.29, 1.82) is 0 Å². The minimum atomic E-state index is -0.768. The lowest BCUT2D eigenvalue weighted by molar-refractivity contribution is -0.138. The Morgan fingerprint density at radius 2 is 1.87 bits per heavy atom. The van der Waals surface area contributed by atoms with Gasteiger partial charge in [0.2, 0.25) is 0 Å². The van der Waals surface area contributed by atoms with Gasteiger partial charge in [-0.15, -0.1) is 0 Å². The maximum absolute atomic E-state index is 11.3. The number of nitrogens with zero attached hydrogens (tertiary/aromatic N) is 2. The molecule has 166 valence electrons. The molecule has 1 atom stereocenters. The quantitative estimate of drug-likeness (QED) is 0.486. The SMILES string of the molecule is CC(C)CCN(CCC(C)C)c1cc(Cl)cc2cc(C3CCCN3CC(=O)O)[nH]c12. The zero-order chi connectivity index (χ0) is 21.8. The molecule has 0 radical (unpaired) electrons. The van der Waals surface area contributed by atoms with Gasteiger partial charge in [-0.25, -0.2) is 0 Å². The van der Waals surface area contributed by atoms with Gasteiger partial charge in [0, 0.05) is 29.2 Å². The predicted octanol–water partition coefficient (Wildman–Crippen LogP) is 5.94. The molecule has 0 amide bonds. The minimum absolute atomic E-state index is 0.0859. The summed E-state index contributed by atoms with van der Waals surface area (Å²) in [5.74, 6) is 0.516. The Morgan fingerprint density at radius 3 is 2.47 bits per heavy atom. The van der Waals surface area contributed by atoms with E-state index in [2.05, 4.69) is 54.6 Å². The van der Waals surface area contributed by atoms with E-state index in [9.17, 15) is 9.90 Å². The number of carboxylic acid groups (broad SMARTS) is 1. The van der Waals surface area contributed by atoms with Crippen molar-refractivity contribution in [2.45, 2.75) is 59.4 Å². The van der Waals surface area contributed by atoms with E-state index < -0.39 is 5.97 Å². The first kappa shape index (κ1) is 23.0. The molecule has 5 nitrogen and oxygen atoms in total. The van der Waals surface area contributed by atoms with Crippen LogP contribution in [-0.4, -0.2) is 47.1 Å². The van der Waals surface area contributed by atoms with Crippen LogP contribution in [0.2, 0.25) is 5.02 Å². The number of hydrogen-bond donors (Lipinski definition) is 2. The number of carbonyl (C=O) groups is 1. The standard InChI is InChI=1S/C24H36ClN3O2/c1-16(2)7-10-27(11-8-17(3)4)22-14-19(25)12-18-13-20(26-24(18)22)21-6-5-9-28(21)15-23(29)30/h12-14,16-17,21,26H,5-11,15H2,1-4H3,(H,29,30). The largest absolute Gasteiger partial charge is 0.480 e. The fourth-order valence-corrected chi connectivity index (χ4v) is 4.58. The van der Waals surface area contributed by atoms with Gasteiger partial charge in [-0.2, -0.15) is 0 Å². The second-order valence-electron chi connectivity index (χ2n) is 9.49. The Morgan fingerprint density at radius 1 is 1.20 bits per heavy atom. The van der Waals surface area contributed by atoms with Crippen molar-refractivity contribution < 1.29 is 9.90 Å². The highest BCUT2D eigenvalue weighted by molar-refractivity contribution is 6.32. The van der Waals surface area contributed by atoms with Crippen molar-refractivity contribution in [3.63, 3.8) is 0 Å². The maximum atomic E-state index is 11.3. The van der Waals surface area contributed by atoms with Crippen LogP contribution in [0.3, 0.4) is 0 Å². The Labute approximate surface area is 185 Å². The highest BCUT2D eigenvalue weighted by Gasteiger charge is 2.29. The van der Waals surface area contributed by atoms with Crippen LogP contribution in [0.4, 0.5) is 5.69 Å². The summed E-state index contributed by atoms with van der Waals surface area (Å²) in [6.45, 7) is 12.0. The average Bonchev–Trinajstić information content (AvgIpc) is 3.26. The van der Waals surface area contributed by atoms with Crippen molar-refractivity contribution in [2.24, 2.45) is 11.8 Å². The molecule has 1 fully saturated rings. The number of aromatic nitrogens is 1. The van der Waals surface area contributed by atoms with E-state index in [1.807, 2.05) is 6.07 Å². The lowest BCUT2D eigenvalue weighted by atomic mass is 10.1. The number of aliphatic carboxylic acids is 1. The number of aromatic amines is 1. The highest BCUT2D eigenvalue weighted by Crippen LogP contribution is 2.37. The molecule has 0 spiro atoms. The van der Waals surface area contributed by atoms with Gasteiger partial charge in [0.1, 0.15) is 0 Å². The Balaban J connectivity index is 1.96. The smallest absolute Gasteiger partial charge is 0.317 e. The van der Waals surface area contributed by atoms with Gasteiger partial charge >= 0.3 is 5.97 Å². The fraction of sp³-hybridized carbons (Fsp3) is 0.625. The molecule has 1 aromatic heterocycles. The van der Waals surface area contributed by atoms with Crippen LogP contribution >= 0.6 is 11.6 Å². The number of anilines is 1. The van der Waals surface area contributed by atoms with Gasteiger partial charge in [0.25, 0.3) is 0 Å². The van der Waals surface area contributed by atoms with Crippen LogP contribution in [0.15, 0.2) is 18.2 Å². The first-order valence-electron chi connectivity index (χ1n) is 11.3. The fourth-order valence-electron chi connectivity index (χ4n) is 4.36. The third-order valence-electron chi connectivity index (χ3n) is 6.05. The number of rotatable bonds is 10. The zero-order valence-corrected chi connectivity index (χ0v) is 19.5. The molecule has 0 saturated carbocycles. The number of halogens is 1. The first-order chi connectivity index (χ1) is 14.2. The Bertz CT molecular complexity index is 849. The summed E-state index contributed by atoms with van der Waals surface area (Å²) in [4.78, 5) is 19.5. The van der Waals surface area contributed by atoms with E-state index in [-0.39, 0.29) is 12.6 Å². The van der Waals surface area contributed by atoms with Crippen LogP contribution in [-0.2, 0) is 4.79 Å². The lowest BCUT2D eigenvalue weighted by Gasteiger charge is -2.27. The normalized spacial score (nSPS) is 17.5. The molecular weight excluding hydrogens is 398 g/mol. The number of hydrogen-bond acceptors (Lipinski definition) is 3. The summed E-state index contributed by atoms with van der Waals surface area (Å²) in [7, 11) is 0. The third-order valence-corrected chi connectivity index (χ3v) is 6.27. The molecule has 0 bridgehead atoms. The van der Waals surface area contributed by atoms with E-state index in [0.29, 0.717) is 11.8 Å². The first-order valence-corrected chi connectivity index (χ1v) is 11.6. The van der Waals surface area contributed by atoms with E-state index in [1.165, 1.54) is 0 Å². The molecule has 1 aromatic carbocycles. The summed E-state index contributed by atoms with van der Waals surface area (Å²) in [6, 6.07) is 6.38. The van der Waals surface area contributed by atoms with E-state index in [4.69, 9.17) is 11.6 Å². The van der Waals surface area contributed by atoms with Gasteiger partial charge in [0.05, 0.1) is 23.8 Å². The zero-order valence-electron chi connectivity index (χ0n) is 18.7. The number of nitrogens with one attached hydrogen (secondary N) is 1. The van der Waals surface area contributed by atoms with Gasteiger partial charge in [-0.05, 0) is 62.3 Å². The molecule has 2 N–H and O–H groups in total. The number of carboxylic acids is 1. The van der Waals surface area contributed by atoms with E-state index >= 15 is 0 Å². The van der Waals surface area contributed by atoms with Crippen LogP contribution in [0, 0.1) is 11.8 Å². The maximum Gasteiger partial charge on any atom is 0.317 e. The highest BCUT2D eigenvalue weighted by atomic mass is 35.5. The van der Waals surface area contributed by atoms with Gasteiger partial charge in [-0.3, -0.25) is 9.69 Å². The molecule has 1 saturated heterocycles. The molecule has 30 heavy (non-hydrogen) atoms. The molecular formula is C24H36ClN3O2. The predicted molar refractivity (Wildman–Crippen MR) is 126 cm³/mol. The van der Waals surface area contributed by atoms with Crippen LogP contribution < -0.4 is 4.90 Å². The molecule has 1 unspecified atom stereocenters. The van der Waals surface area contributed by atoms with Crippen molar-refractivity contribution >= 4 is 34.2 Å². The van der Waals surface area contributed by atoms with Gasteiger partial charge in [-0.1, -0.05) is 39.3 Å². The monoisotopic (exact) mass is 433 g/mol. The summed E-state index contributed by atoms with van der Waals surface area (Å²) < 4.78 is 0. The minimum Gasteiger partial charge on any atom is -0.480 e. The molecule has 2 heterocycles. The summed E-state index contributed by atoms with van der Waals surface area (Å²) in [6.07, 6.45) is 4.27. The van der Waals surface area contributed by atoms with E-state index in [0.717, 1.165) is 72.6 Å². The molecule has 2 aromatic rings. The average molecular weight is 434 g/mol. The van der Waals surface area contributed by atoms with Crippen LogP contribution in [0.25, 0.3) is 10.9 Å². The second-order valence-corrected chi connectivity index (χ2v) is 9.92. The number of H-pyrrole nitrogens is 1. The van der Waals surface area contributed by atoms with Crippen molar-refractivity contribution in [2.75, 3.05) is 31.1 Å². The molecule has 0 aliphatic carbocycles. The van der Waals surface area contributed by atoms with Gasteiger partial charge in [0.15, 0.2) is 0 Å². The number of fused-ring (bicyclic) bond motifs is 1. The van der Waals surface area contributed by atoms with E-state index in [1.54, 1.807) is 0 Å². The van der Waals surface area contributed by atoms with Gasteiger partial charge < -0.3 is 15.0 Å². The van der Waals surface area contributed by atoms with Crippen molar-refractivity contribution in [1.82, 2.24) is 9.88 Å². The molecule has 1 aliphatic rings. The topological polar surface area (TPSA) is 59.6 Å². The lowest BCUT2D eigenvalue weighted by Crippen LogP contribution is -2.29. The Kier molecular flexibility index (Phi) is 7.70. The molecule has 6 heteroatoms. The van der Waals surface area contributed by atoms with Crippen molar-refractivity contribution in [3.8, 4) is 0 Å². The molecule has 1 aliphatic heterocycles. The molecule has 3 rings (SSSR count). The van der Waals surface area contributed by atoms with Crippen molar-refractivity contribution in [3.05, 3.63) is 28.9 Å². The third kappa shape index (κ3) is 5.70. The number of likely N-dealkylation sites (tertiary alicyclic amines) is 1. The summed E-state index contributed by atoms with van der Waals surface area (Å²) in [5.41, 5.74) is 3.37. The van der Waals surface area contributed by atoms with Crippen LogP contribution in [0.5, 0.6) is 0 Å². The number of benzene rings is 1. The second kappa shape index (κ2) is 10.1.